The van der Waals surface area contributed by atoms with Crippen LogP contribution < -0.4 is 4.74 Å². The van der Waals surface area contributed by atoms with E-state index in [4.69, 9.17) is 4.74 Å². The highest BCUT2D eigenvalue weighted by molar-refractivity contribution is 5.92. The number of halogens is 1. The van der Waals surface area contributed by atoms with Gasteiger partial charge in [0, 0.05) is 17.8 Å². The zero-order valence-electron chi connectivity index (χ0n) is 11.6. The van der Waals surface area contributed by atoms with Gasteiger partial charge in [0.05, 0.1) is 11.3 Å². The fourth-order valence-electron chi connectivity index (χ4n) is 2.05. The number of pyridine rings is 1. The summed E-state index contributed by atoms with van der Waals surface area (Å²) in [5.41, 5.74) is 1.57. The summed E-state index contributed by atoms with van der Waals surface area (Å²) in [5, 5.41) is 0. The summed E-state index contributed by atoms with van der Waals surface area (Å²) in [5.74, 6) is -0.869. The van der Waals surface area contributed by atoms with E-state index in [0.717, 1.165) is 0 Å². The maximum atomic E-state index is 13.5. The van der Waals surface area contributed by atoms with Crippen molar-refractivity contribution >= 4 is 5.97 Å². The largest absolute Gasteiger partial charge is 0.422 e. The number of ether oxygens (including phenoxy) is 1. The minimum absolute atomic E-state index is 0.146. The van der Waals surface area contributed by atoms with E-state index < -0.39 is 11.8 Å². The third-order valence-corrected chi connectivity index (χ3v) is 3.10. The molecule has 0 aliphatic carbocycles. The number of hydrogen-bond donors (Lipinski definition) is 0. The molecule has 2 aromatic carbocycles. The lowest BCUT2D eigenvalue weighted by atomic mass is 10.1. The van der Waals surface area contributed by atoms with Gasteiger partial charge in [-0.2, -0.15) is 0 Å². The number of hydrogen-bond acceptors (Lipinski definition) is 3. The maximum absolute atomic E-state index is 13.5. The van der Waals surface area contributed by atoms with Crippen LogP contribution in [0.4, 0.5) is 4.39 Å². The second-order valence-electron chi connectivity index (χ2n) is 4.61. The van der Waals surface area contributed by atoms with Gasteiger partial charge in [-0.05, 0) is 36.4 Å². The van der Waals surface area contributed by atoms with Crippen molar-refractivity contribution in [2.75, 3.05) is 0 Å². The molecular weight excluding hydrogens is 281 g/mol. The summed E-state index contributed by atoms with van der Waals surface area (Å²) in [6, 6.07) is 18.0. The van der Waals surface area contributed by atoms with Gasteiger partial charge in [0.25, 0.3) is 0 Å². The summed E-state index contributed by atoms with van der Waals surface area (Å²) in [7, 11) is 0. The van der Waals surface area contributed by atoms with Crippen molar-refractivity contribution in [1.29, 1.82) is 0 Å². The smallest absolute Gasteiger partial charge is 0.343 e. The van der Waals surface area contributed by atoms with Crippen molar-refractivity contribution in [3.63, 3.8) is 0 Å². The summed E-state index contributed by atoms with van der Waals surface area (Å²) >= 11 is 0. The number of carbonyl (C=O) groups is 1. The van der Waals surface area contributed by atoms with E-state index in [0.29, 0.717) is 16.8 Å². The van der Waals surface area contributed by atoms with Crippen LogP contribution in [-0.4, -0.2) is 11.0 Å². The first-order valence-electron chi connectivity index (χ1n) is 6.72. The first kappa shape index (κ1) is 13.9. The lowest BCUT2D eigenvalue weighted by Crippen LogP contribution is -2.09. The molecule has 0 N–H and O–H groups in total. The van der Waals surface area contributed by atoms with Crippen molar-refractivity contribution in [2.24, 2.45) is 0 Å². The van der Waals surface area contributed by atoms with Crippen LogP contribution >= 0.6 is 0 Å². The number of benzene rings is 2. The summed E-state index contributed by atoms with van der Waals surface area (Å²) in [6.45, 7) is 0. The lowest BCUT2D eigenvalue weighted by molar-refractivity contribution is 0.0735. The van der Waals surface area contributed by atoms with Gasteiger partial charge in [-0.1, -0.05) is 24.3 Å². The van der Waals surface area contributed by atoms with E-state index in [9.17, 15) is 9.18 Å². The monoisotopic (exact) mass is 293 g/mol. The van der Waals surface area contributed by atoms with Crippen LogP contribution in [-0.2, 0) is 0 Å². The Morgan fingerprint density at radius 2 is 1.73 bits per heavy atom. The van der Waals surface area contributed by atoms with E-state index in [1.807, 2.05) is 6.07 Å². The zero-order chi connectivity index (χ0) is 15.4. The second-order valence-corrected chi connectivity index (χ2v) is 4.61. The highest BCUT2D eigenvalue weighted by atomic mass is 19.1. The molecule has 1 aromatic heterocycles. The van der Waals surface area contributed by atoms with Gasteiger partial charge < -0.3 is 4.74 Å². The molecule has 0 atom stereocenters. The topological polar surface area (TPSA) is 39.2 Å². The molecule has 22 heavy (non-hydrogen) atoms. The molecule has 4 heteroatoms. The normalized spacial score (nSPS) is 10.2. The molecule has 0 bridgehead atoms. The molecule has 0 fully saturated rings. The fourth-order valence-corrected chi connectivity index (χ4v) is 2.05. The van der Waals surface area contributed by atoms with Crippen LogP contribution in [0.25, 0.3) is 11.3 Å². The molecule has 1 heterocycles. The van der Waals surface area contributed by atoms with Gasteiger partial charge in [-0.3, -0.25) is 4.98 Å². The first-order chi connectivity index (χ1) is 10.7. The van der Waals surface area contributed by atoms with Crippen LogP contribution in [0, 0.1) is 5.82 Å². The van der Waals surface area contributed by atoms with Crippen LogP contribution in [0.1, 0.15) is 10.4 Å². The molecule has 0 amide bonds. The van der Waals surface area contributed by atoms with Crippen LogP contribution in [0.3, 0.4) is 0 Å². The molecule has 3 aromatic rings. The number of rotatable bonds is 3. The third kappa shape index (κ3) is 3.01. The van der Waals surface area contributed by atoms with Crippen LogP contribution in [0.15, 0.2) is 72.9 Å². The SMILES string of the molecule is O=C(Oc1cc(F)ccc1-c1ccccn1)c1ccccc1. The Hall–Kier alpha value is -3.01. The van der Waals surface area contributed by atoms with E-state index in [1.165, 1.54) is 12.1 Å². The van der Waals surface area contributed by atoms with Gasteiger partial charge in [-0.15, -0.1) is 0 Å². The zero-order valence-corrected chi connectivity index (χ0v) is 11.6. The van der Waals surface area contributed by atoms with Gasteiger partial charge >= 0.3 is 5.97 Å². The predicted molar refractivity (Wildman–Crippen MR) is 81.0 cm³/mol. The summed E-state index contributed by atoms with van der Waals surface area (Å²) in [4.78, 5) is 16.3. The quantitative estimate of drug-likeness (QED) is 0.539. The molecule has 0 unspecified atom stereocenters. The van der Waals surface area contributed by atoms with Crippen molar-refractivity contribution < 1.29 is 13.9 Å². The van der Waals surface area contributed by atoms with Crippen LogP contribution in [0.2, 0.25) is 0 Å². The second kappa shape index (κ2) is 6.18. The average Bonchev–Trinajstić information content (AvgIpc) is 2.56. The van der Waals surface area contributed by atoms with Crippen molar-refractivity contribution in [3.8, 4) is 17.0 Å². The van der Waals surface area contributed by atoms with Gasteiger partial charge in [0.15, 0.2) is 0 Å². The van der Waals surface area contributed by atoms with Gasteiger partial charge in [0.2, 0.25) is 0 Å². The predicted octanol–water partition coefficient (Wildman–Crippen LogP) is 4.11. The molecule has 0 spiro atoms. The van der Waals surface area contributed by atoms with E-state index in [-0.39, 0.29) is 5.75 Å². The fraction of sp³-hybridized carbons (Fsp3) is 0. The van der Waals surface area contributed by atoms with Gasteiger partial charge in [0.1, 0.15) is 11.6 Å². The standard InChI is InChI=1S/C18H12FNO2/c19-14-9-10-15(16-8-4-5-11-20-16)17(12-14)22-18(21)13-6-2-1-3-7-13/h1-12H. The minimum atomic E-state index is -0.539. The third-order valence-electron chi connectivity index (χ3n) is 3.10. The molecular formula is C18H12FNO2. The Labute approximate surface area is 127 Å². The minimum Gasteiger partial charge on any atom is -0.422 e. The molecule has 0 saturated heterocycles. The van der Waals surface area contributed by atoms with E-state index in [2.05, 4.69) is 4.98 Å². The summed E-state index contributed by atoms with van der Waals surface area (Å²) < 4.78 is 18.9. The van der Waals surface area contributed by atoms with Gasteiger partial charge in [-0.25, -0.2) is 9.18 Å². The molecule has 3 nitrogen and oxygen atoms in total. The van der Waals surface area contributed by atoms with Crippen molar-refractivity contribution in [2.45, 2.75) is 0 Å². The molecule has 0 saturated carbocycles. The Morgan fingerprint density at radius 3 is 2.45 bits per heavy atom. The van der Waals surface area contributed by atoms with Crippen molar-refractivity contribution in [3.05, 3.63) is 84.3 Å². The Bertz CT molecular complexity index is 789. The van der Waals surface area contributed by atoms with E-state index in [1.54, 1.807) is 54.7 Å². The number of nitrogens with zero attached hydrogens (tertiary/aromatic N) is 1. The highest BCUT2D eigenvalue weighted by Gasteiger charge is 2.14. The number of aromatic nitrogens is 1. The summed E-state index contributed by atoms with van der Waals surface area (Å²) in [6.07, 6.45) is 1.63. The first-order valence-corrected chi connectivity index (χ1v) is 6.72. The Morgan fingerprint density at radius 1 is 0.955 bits per heavy atom. The number of esters is 1. The lowest BCUT2D eigenvalue weighted by Gasteiger charge is -2.10. The van der Waals surface area contributed by atoms with Crippen molar-refractivity contribution in [1.82, 2.24) is 4.98 Å². The average molecular weight is 293 g/mol. The van der Waals surface area contributed by atoms with Crippen LogP contribution in [0.5, 0.6) is 5.75 Å². The Kier molecular flexibility index (Phi) is 3.92. The maximum Gasteiger partial charge on any atom is 0.343 e. The molecule has 3 rings (SSSR count). The molecule has 108 valence electrons. The number of carbonyl (C=O) groups excluding carboxylic acids is 1. The highest BCUT2D eigenvalue weighted by Crippen LogP contribution is 2.29. The molecule has 0 radical (unpaired) electrons. The Balaban J connectivity index is 1.97. The molecule has 0 aliphatic rings. The van der Waals surface area contributed by atoms with E-state index >= 15 is 0 Å². The molecule has 0 aliphatic heterocycles.